The summed E-state index contributed by atoms with van der Waals surface area (Å²) in [5, 5.41) is 14.6. The summed E-state index contributed by atoms with van der Waals surface area (Å²) in [6, 6.07) is 3.85. The maximum absolute atomic E-state index is 13.1. The van der Waals surface area contributed by atoms with Gasteiger partial charge in [0.05, 0.1) is 6.33 Å². The van der Waals surface area contributed by atoms with Crippen LogP contribution >= 0.6 is 0 Å². The fourth-order valence-electron chi connectivity index (χ4n) is 4.41. The molecule has 2 saturated heterocycles. The molecule has 0 aromatic carbocycles. The Hall–Kier alpha value is -3.14. The number of hydrogen-bond acceptors (Lipinski definition) is 7. The second-order valence-electron chi connectivity index (χ2n) is 8.22. The molecule has 1 unspecified atom stereocenters. The number of aryl methyl sites for hydroxylation is 1. The largest absolute Gasteiger partial charge is 0.350 e. The van der Waals surface area contributed by atoms with E-state index in [0.29, 0.717) is 11.8 Å². The van der Waals surface area contributed by atoms with Crippen LogP contribution in [0.4, 0.5) is 17.6 Å². The lowest BCUT2D eigenvalue weighted by molar-refractivity contribution is -0.123. The van der Waals surface area contributed by atoms with Gasteiger partial charge < -0.3 is 25.4 Å². The van der Waals surface area contributed by atoms with Crippen molar-refractivity contribution in [1.82, 2.24) is 34.8 Å². The maximum Gasteiger partial charge on any atom is 0.246 e. The number of aromatic nitrogens is 5. The Morgan fingerprint density at radius 3 is 3.06 bits per heavy atom. The van der Waals surface area contributed by atoms with Gasteiger partial charge in [0.15, 0.2) is 5.82 Å². The third-order valence-electron chi connectivity index (χ3n) is 6.08. The van der Waals surface area contributed by atoms with Gasteiger partial charge in [0.1, 0.15) is 17.4 Å². The molecule has 5 rings (SSSR count). The molecule has 0 saturated carbocycles. The van der Waals surface area contributed by atoms with Crippen LogP contribution in [-0.2, 0) is 11.3 Å². The molecule has 2 aliphatic rings. The second-order valence-corrected chi connectivity index (χ2v) is 8.22. The predicted molar refractivity (Wildman–Crippen MR) is 119 cm³/mol. The van der Waals surface area contributed by atoms with E-state index in [2.05, 4.69) is 27.9 Å². The van der Waals surface area contributed by atoms with Crippen LogP contribution < -0.4 is 20.9 Å². The number of amides is 1. The van der Waals surface area contributed by atoms with Crippen LogP contribution in [0.1, 0.15) is 32.6 Å². The molecule has 1 amide bonds. The first kappa shape index (κ1) is 19.8. The van der Waals surface area contributed by atoms with Crippen molar-refractivity contribution < 1.29 is 4.79 Å². The van der Waals surface area contributed by atoms with E-state index in [1.54, 1.807) is 10.8 Å². The molecule has 3 aromatic rings. The number of nitrogens with one attached hydrogen (secondary N) is 3. The van der Waals surface area contributed by atoms with Gasteiger partial charge in [-0.15, -0.1) is 5.10 Å². The highest BCUT2D eigenvalue weighted by Crippen LogP contribution is 2.27. The molecule has 10 heteroatoms. The summed E-state index contributed by atoms with van der Waals surface area (Å²) in [5.74, 6) is 2.04. The number of piperidine rings is 1. The SMILES string of the molecule is CCn1cnc(Nc2nc(N3CCC[C@H]3C(=O)NC3CCCNC3)nn3cccc23)c1. The fourth-order valence-corrected chi connectivity index (χ4v) is 4.41. The zero-order chi connectivity index (χ0) is 21.2. The molecule has 2 aliphatic heterocycles. The van der Waals surface area contributed by atoms with Crippen LogP contribution in [0.25, 0.3) is 5.52 Å². The third-order valence-corrected chi connectivity index (χ3v) is 6.08. The van der Waals surface area contributed by atoms with Crippen LogP contribution in [0.5, 0.6) is 0 Å². The summed E-state index contributed by atoms with van der Waals surface area (Å²) in [7, 11) is 0. The first-order valence-electron chi connectivity index (χ1n) is 11.1. The molecule has 164 valence electrons. The lowest BCUT2D eigenvalue weighted by atomic mass is 10.1. The smallest absolute Gasteiger partial charge is 0.246 e. The Bertz CT molecular complexity index is 1050. The topological polar surface area (TPSA) is 104 Å². The zero-order valence-electron chi connectivity index (χ0n) is 17.8. The Labute approximate surface area is 181 Å². The highest BCUT2D eigenvalue weighted by Gasteiger charge is 2.34. The van der Waals surface area contributed by atoms with Gasteiger partial charge in [0.25, 0.3) is 0 Å². The molecule has 2 atom stereocenters. The minimum atomic E-state index is -0.248. The van der Waals surface area contributed by atoms with Crippen LogP contribution in [0.3, 0.4) is 0 Å². The quantitative estimate of drug-likeness (QED) is 0.552. The van der Waals surface area contributed by atoms with Gasteiger partial charge >= 0.3 is 0 Å². The number of carbonyl (C=O) groups excluding carboxylic acids is 1. The molecule has 3 aromatic heterocycles. The summed E-state index contributed by atoms with van der Waals surface area (Å²) < 4.78 is 3.81. The highest BCUT2D eigenvalue weighted by molar-refractivity contribution is 5.86. The van der Waals surface area contributed by atoms with Crippen LogP contribution in [0.2, 0.25) is 0 Å². The van der Waals surface area contributed by atoms with E-state index >= 15 is 0 Å². The number of fused-ring (bicyclic) bond motifs is 1. The molecule has 0 radical (unpaired) electrons. The van der Waals surface area contributed by atoms with Crippen molar-refractivity contribution in [2.45, 2.75) is 51.2 Å². The number of nitrogens with zero attached hydrogens (tertiary/aromatic N) is 6. The van der Waals surface area contributed by atoms with Crippen molar-refractivity contribution in [2.75, 3.05) is 29.9 Å². The average Bonchev–Trinajstić information content (AvgIpc) is 3.54. The zero-order valence-corrected chi connectivity index (χ0v) is 17.8. The summed E-state index contributed by atoms with van der Waals surface area (Å²) in [6.45, 7) is 5.55. The van der Waals surface area contributed by atoms with Gasteiger partial charge in [0.2, 0.25) is 11.9 Å². The molecule has 3 N–H and O–H groups in total. The molecule has 0 spiro atoms. The first-order chi connectivity index (χ1) is 15.2. The monoisotopic (exact) mass is 423 g/mol. The summed E-state index contributed by atoms with van der Waals surface area (Å²) in [5.41, 5.74) is 0.864. The standard InChI is InChI=1S/C21H29N9O/c1-2-28-13-18(23-14-28)25-19-16-7-5-11-30(16)27-21(26-19)29-10-4-8-17(29)20(31)24-15-6-3-9-22-12-15/h5,7,11,13-15,17,22H,2-4,6,8-10,12H2,1H3,(H,24,31)(H,25,26,27)/t15?,17-/m0/s1. The van der Waals surface area contributed by atoms with E-state index in [9.17, 15) is 4.79 Å². The van der Waals surface area contributed by atoms with E-state index in [-0.39, 0.29) is 18.0 Å². The van der Waals surface area contributed by atoms with E-state index in [0.717, 1.165) is 63.2 Å². The highest BCUT2D eigenvalue weighted by atomic mass is 16.2. The molecule has 5 heterocycles. The average molecular weight is 424 g/mol. The van der Waals surface area contributed by atoms with Crippen molar-refractivity contribution in [3.8, 4) is 0 Å². The van der Waals surface area contributed by atoms with E-state index < -0.39 is 0 Å². The first-order valence-corrected chi connectivity index (χ1v) is 11.1. The van der Waals surface area contributed by atoms with E-state index in [1.807, 2.05) is 34.0 Å². The summed E-state index contributed by atoms with van der Waals surface area (Å²) in [4.78, 5) is 24.3. The second kappa shape index (κ2) is 8.54. The van der Waals surface area contributed by atoms with E-state index in [1.165, 1.54) is 0 Å². The molecule has 10 nitrogen and oxygen atoms in total. The maximum atomic E-state index is 13.1. The van der Waals surface area contributed by atoms with Crippen molar-refractivity contribution in [1.29, 1.82) is 0 Å². The Morgan fingerprint density at radius 1 is 1.32 bits per heavy atom. The van der Waals surface area contributed by atoms with Crippen molar-refractivity contribution in [2.24, 2.45) is 0 Å². The number of hydrogen-bond donors (Lipinski definition) is 3. The molecular formula is C21H29N9O. The lowest BCUT2D eigenvalue weighted by Gasteiger charge is -2.28. The molecule has 31 heavy (non-hydrogen) atoms. The summed E-state index contributed by atoms with van der Waals surface area (Å²) >= 11 is 0. The van der Waals surface area contributed by atoms with Gasteiger partial charge in [-0.3, -0.25) is 4.79 Å². The van der Waals surface area contributed by atoms with Crippen LogP contribution in [0, 0.1) is 0 Å². The minimum absolute atomic E-state index is 0.0681. The summed E-state index contributed by atoms with van der Waals surface area (Å²) in [6.07, 6.45) is 9.51. The van der Waals surface area contributed by atoms with Crippen LogP contribution in [0.15, 0.2) is 30.9 Å². The van der Waals surface area contributed by atoms with Crippen LogP contribution in [-0.4, -0.2) is 61.8 Å². The molecule has 2 fully saturated rings. The molecule has 0 bridgehead atoms. The predicted octanol–water partition coefficient (Wildman–Crippen LogP) is 1.53. The van der Waals surface area contributed by atoms with Gasteiger partial charge in [-0.2, -0.15) is 4.98 Å². The Kier molecular flexibility index (Phi) is 5.46. The van der Waals surface area contributed by atoms with Gasteiger partial charge in [-0.25, -0.2) is 9.50 Å². The van der Waals surface area contributed by atoms with Crippen molar-refractivity contribution >= 4 is 29.0 Å². The molecular weight excluding hydrogens is 394 g/mol. The van der Waals surface area contributed by atoms with E-state index in [4.69, 9.17) is 10.1 Å². The van der Waals surface area contributed by atoms with Crippen molar-refractivity contribution in [3.63, 3.8) is 0 Å². The lowest BCUT2D eigenvalue weighted by Crippen LogP contribution is -2.51. The number of anilines is 3. The van der Waals surface area contributed by atoms with Gasteiger partial charge in [-0.05, 0) is 51.3 Å². The minimum Gasteiger partial charge on any atom is -0.350 e. The Morgan fingerprint density at radius 2 is 2.26 bits per heavy atom. The fraction of sp³-hybridized carbons (Fsp3) is 0.524. The number of rotatable bonds is 6. The number of carbonyl (C=O) groups is 1. The van der Waals surface area contributed by atoms with Crippen molar-refractivity contribution in [3.05, 3.63) is 30.9 Å². The number of imidazole rings is 1. The molecule has 0 aliphatic carbocycles. The Balaban J connectivity index is 1.40. The normalized spacial score (nSPS) is 21.5. The van der Waals surface area contributed by atoms with Gasteiger partial charge in [-0.1, -0.05) is 0 Å². The van der Waals surface area contributed by atoms with Gasteiger partial charge in [0, 0.05) is 38.1 Å². The third kappa shape index (κ3) is 4.07.